The minimum Gasteiger partial charge on any atom is -0.352 e. The van der Waals surface area contributed by atoms with Crippen LogP contribution in [0.4, 0.5) is 0 Å². The number of nitrogens with one attached hydrogen (secondary N) is 1. The van der Waals surface area contributed by atoms with E-state index in [1.807, 2.05) is 42.0 Å². The molecule has 1 heterocycles. The van der Waals surface area contributed by atoms with Gasteiger partial charge in [0, 0.05) is 35.1 Å². The van der Waals surface area contributed by atoms with Gasteiger partial charge in [-0.15, -0.1) is 0 Å². The quantitative estimate of drug-likeness (QED) is 0.813. The number of carbonyl (C=O) groups excluding carboxylic acids is 2. The third-order valence-electron chi connectivity index (χ3n) is 4.85. The third kappa shape index (κ3) is 3.69. The van der Waals surface area contributed by atoms with Crippen LogP contribution in [0, 0.1) is 0 Å². The van der Waals surface area contributed by atoms with Crippen molar-refractivity contribution in [2.75, 3.05) is 0 Å². The van der Waals surface area contributed by atoms with Crippen molar-refractivity contribution in [1.82, 2.24) is 9.88 Å². The zero-order chi connectivity index (χ0) is 16.9. The molecule has 0 aliphatic heterocycles. The molecule has 24 heavy (non-hydrogen) atoms. The van der Waals surface area contributed by atoms with Crippen molar-refractivity contribution in [2.45, 2.75) is 64.5 Å². The van der Waals surface area contributed by atoms with Gasteiger partial charge < -0.3 is 9.88 Å². The monoisotopic (exact) mass is 326 g/mol. The predicted octanol–water partition coefficient (Wildman–Crippen LogP) is 4.07. The van der Waals surface area contributed by atoms with Gasteiger partial charge in [0.15, 0.2) is 5.78 Å². The average molecular weight is 326 g/mol. The zero-order valence-electron chi connectivity index (χ0n) is 14.4. The minimum atomic E-state index is 0.0390. The van der Waals surface area contributed by atoms with E-state index in [0.717, 1.165) is 35.7 Å². The first-order valence-corrected chi connectivity index (χ1v) is 9.09. The molecule has 0 unspecified atom stereocenters. The molecule has 1 fully saturated rings. The van der Waals surface area contributed by atoms with Crippen LogP contribution >= 0.6 is 0 Å². The molecule has 0 atom stereocenters. The normalized spacial score (nSPS) is 15.5. The fraction of sp³-hybridized carbons (Fsp3) is 0.500. The molecule has 0 radical (unpaired) electrons. The highest BCUT2D eigenvalue weighted by atomic mass is 16.2. The molecule has 0 saturated heterocycles. The Kier molecular flexibility index (Phi) is 5.34. The molecule has 0 spiro atoms. The summed E-state index contributed by atoms with van der Waals surface area (Å²) < 4.78 is 1.91. The summed E-state index contributed by atoms with van der Waals surface area (Å²) in [6.45, 7) is 2.28. The molecule has 1 aliphatic carbocycles. The lowest BCUT2D eigenvalue weighted by Gasteiger charge is -2.22. The zero-order valence-corrected chi connectivity index (χ0v) is 14.4. The van der Waals surface area contributed by atoms with Crippen molar-refractivity contribution in [3.8, 4) is 0 Å². The van der Waals surface area contributed by atoms with Gasteiger partial charge in [-0.05, 0) is 25.3 Å². The maximum Gasteiger partial charge on any atom is 0.240 e. The molecule has 0 bridgehead atoms. The molecule has 3 rings (SSSR count). The first kappa shape index (κ1) is 16.7. The second kappa shape index (κ2) is 7.65. The van der Waals surface area contributed by atoms with E-state index >= 15 is 0 Å². The molecule has 4 nitrogen and oxygen atoms in total. The van der Waals surface area contributed by atoms with E-state index < -0.39 is 0 Å². The number of amides is 1. The number of fused-ring (bicyclic) bond motifs is 1. The molecule has 128 valence electrons. The summed E-state index contributed by atoms with van der Waals surface area (Å²) in [7, 11) is 0. The van der Waals surface area contributed by atoms with Crippen molar-refractivity contribution in [1.29, 1.82) is 0 Å². The van der Waals surface area contributed by atoms with Crippen molar-refractivity contribution >= 4 is 22.6 Å². The van der Waals surface area contributed by atoms with Gasteiger partial charge in [0.2, 0.25) is 5.91 Å². The van der Waals surface area contributed by atoms with Crippen LogP contribution in [-0.2, 0) is 11.3 Å². The topological polar surface area (TPSA) is 51.1 Å². The number of benzene rings is 1. The largest absolute Gasteiger partial charge is 0.352 e. The van der Waals surface area contributed by atoms with Crippen molar-refractivity contribution < 1.29 is 9.59 Å². The van der Waals surface area contributed by atoms with Gasteiger partial charge in [-0.1, -0.05) is 44.4 Å². The highest BCUT2D eigenvalue weighted by Crippen LogP contribution is 2.23. The number of hydrogen-bond donors (Lipinski definition) is 1. The summed E-state index contributed by atoms with van der Waals surface area (Å²) >= 11 is 0. The molecular formula is C20H26N2O2. The van der Waals surface area contributed by atoms with Crippen LogP contribution in [0.5, 0.6) is 0 Å². The summed E-state index contributed by atoms with van der Waals surface area (Å²) in [6.07, 6.45) is 9.07. The summed E-state index contributed by atoms with van der Waals surface area (Å²) in [4.78, 5) is 24.8. The standard InChI is InChI=1S/C20H26N2O2/c1-2-8-19(23)17-13-22(18-12-7-6-11-16(17)18)14-20(24)21-15-9-4-3-5-10-15/h6-7,11-13,15H,2-5,8-10,14H2,1H3,(H,21,24). The van der Waals surface area contributed by atoms with E-state index in [-0.39, 0.29) is 18.2 Å². The highest BCUT2D eigenvalue weighted by molar-refractivity contribution is 6.08. The maximum absolute atomic E-state index is 12.4. The van der Waals surface area contributed by atoms with Crippen molar-refractivity contribution in [3.05, 3.63) is 36.0 Å². The van der Waals surface area contributed by atoms with Crippen molar-refractivity contribution in [2.24, 2.45) is 0 Å². The van der Waals surface area contributed by atoms with Gasteiger partial charge >= 0.3 is 0 Å². The van der Waals surface area contributed by atoms with E-state index in [4.69, 9.17) is 0 Å². The smallest absolute Gasteiger partial charge is 0.240 e. The Bertz CT molecular complexity index is 726. The first-order chi connectivity index (χ1) is 11.7. The Labute approximate surface area is 143 Å². The van der Waals surface area contributed by atoms with E-state index in [1.165, 1.54) is 19.3 Å². The Balaban J connectivity index is 1.78. The Morgan fingerprint density at radius 3 is 2.67 bits per heavy atom. The third-order valence-corrected chi connectivity index (χ3v) is 4.85. The number of ketones is 1. The molecular weight excluding hydrogens is 300 g/mol. The molecule has 1 saturated carbocycles. The highest BCUT2D eigenvalue weighted by Gasteiger charge is 2.18. The average Bonchev–Trinajstić information content (AvgIpc) is 2.95. The van der Waals surface area contributed by atoms with Crippen LogP contribution in [0.3, 0.4) is 0 Å². The van der Waals surface area contributed by atoms with Gasteiger partial charge in [-0.3, -0.25) is 9.59 Å². The van der Waals surface area contributed by atoms with Crippen molar-refractivity contribution in [3.63, 3.8) is 0 Å². The minimum absolute atomic E-state index is 0.0390. The van der Waals surface area contributed by atoms with Crippen LogP contribution in [-0.4, -0.2) is 22.3 Å². The Hall–Kier alpha value is -2.10. The summed E-state index contributed by atoms with van der Waals surface area (Å²) in [6, 6.07) is 8.15. The first-order valence-electron chi connectivity index (χ1n) is 9.09. The number of hydrogen-bond acceptors (Lipinski definition) is 2. The molecule has 1 aliphatic rings. The van der Waals surface area contributed by atoms with E-state index in [9.17, 15) is 9.59 Å². The van der Waals surface area contributed by atoms with Gasteiger partial charge in [-0.25, -0.2) is 0 Å². The lowest BCUT2D eigenvalue weighted by Crippen LogP contribution is -2.38. The van der Waals surface area contributed by atoms with Crippen LogP contribution in [0.15, 0.2) is 30.5 Å². The SMILES string of the molecule is CCCC(=O)c1cn(CC(=O)NC2CCCCC2)c2ccccc12. The fourth-order valence-corrected chi connectivity index (χ4v) is 3.64. The lowest BCUT2D eigenvalue weighted by molar-refractivity contribution is -0.122. The molecule has 1 amide bonds. The van der Waals surface area contributed by atoms with Gasteiger partial charge in [0.25, 0.3) is 0 Å². The lowest BCUT2D eigenvalue weighted by atomic mass is 9.95. The number of para-hydroxylation sites is 1. The van der Waals surface area contributed by atoms with Crippen LogP contribution in [0.1, 0.15) is 62.2 Å². The molecule has 1 aromatic carbocycles. The number of nitrogens with zero attached hydrogens (tertiary/aromatic N) is 1. The summed E-state index contributed by atoms with van der Waals surface area (Å²) in [5.74, 6) is 0.192. The second-order valence-electron chi connectivity index (χ2n) is 6.76. The number of rotatable bonds is 6. The van der Waals surface area contributed by atoms with Gasteiger partial charge in [-0.2, -0.15) is 0 Å². The summed E-state index contributed by atoms with van der Waals surface area (Å²) in [5, 5.41) is 4.10. The van der Waals surface area contributed by atoms with Gasteiger partial charge in [0.1, 0.15) is 6.54 Å². The number of carbonyl (C=O) groups is 2. The predicted molar refractivity (Wildman–Crippen MR) is 96.2 cm³/mol. The van der Waals surface area contributed by atoms with E-state index in [2.05, 4.69) is 5.32 Å². The second-order valence-corrected chi connectivity index (χ2v) is 6.76. The fourth-order valence-electron chi connectivity index (χ4n) is 3.64. The maximum atomic E-state index is 12.4. The molecule has 1 N–H and O–H groups in total. The van der Waals surface area contributed by atoms with Crippen LogP contribution < -0.4 is 5.32 Å². The molecule has 4 heteroatoms. The Morgan fingerprint density at radius 2 is 1.92 bits per heavy atom. The van der Waals surface area contributed by atoms with Gasteiger partial charge in [0.05, 0.1) is 0 Å². The van der Waals surface area contributed by atoms with Crippen LogP contribution in [0.25, 0.3) is 10.9 Å². The molecule has 1 aromatic heterocycles. The van der Waals surface area contributed by atoms with Crippen LogP contribution in [0.2, 0.25) is 0 Å². The summed E-state index contributed by atoms with van der Waals surface area (Å²) in [5.41, 5.74) is 1.69. The van der Waals surface area contributed by atoms with E-state index in [1.54, 1.807) is 0 Å². The molecule has 2 aromatic rings. The van der Waals surface area contributed by atoms with E-state index in [0.29, 0.717) is 12.5 Å². The Morgan fingerprint density at radius 1 is 1.17 bits per heavy atom. The number of Topliss-reactive ketones (excluding diaryl/α,β-unsaturated/α-hetero) is 1. The number of aromatic nitrogens is 1.